The number of furan rings is 1. The second-order valence-electron chi connectivity index (χ2n) is 20.0. The van der Waals surface area contributed by atoms with Crippen LogP contribution in [0.5, 0.6) is 0 Å². The molecule has 10 aromatic carbocycles. The zero-order valence-corrected chi connectivity index (χ0v) is 40.5. The Balaban J connectivity index is 1.09. The van der Waals surface area contributed by atoms with Gasteiger partial charge in [-0.2, -0.15) is 0 Å². The topological polar surface area (TPSA) is 42.5 Å². The first-order valence-electron chi connectivity index (χ1n) is 24.9. The molecule has 1 unspecified atom stereocenters. The van der Waals surface area contributed by atoms with Gasteiger partial charge in [-0.15, -0.1) is 0 Å². The van der Waals surface area contributed by atoms with Crippen molar-refractivity contribution >= 4 is 55.2 Å². The van der Waals surface area contributed by atoms with Gasteiger partial charge in [-0.05, 0) is 116 Å². The SMILES string of the molecule is CC(C)(C)c1ccc(-c2cc(C3=CC(c4ccc5c(c4)oc4ccccc45)=NC(c4ccccc4)N3)cc(-c3ccccc3)c2-n2c3ccc(-c4ccccc4)cc3c3cc(-c4ccccc4)ccc32)cc1. The summed E-state index contributed by atoms with van der Waals surface area (Å²) in [5.74, 6) is 0. The monoisotopic (exact) mass is 925 g/mol. The molecule has 1 aliphatic heterocycles. The van der Waals surface area contributed by atoms with Crippen molar-refractivity contribution in [2.45, 2.75) is 32.4 Å². The highest BCUT2D eigenvalue weighted by Crippen LogP contribution is 2.45. The van der Waals surface area contributed by atoms with E-state index in [1.165, 1.54) is 38.6 Å². The summed E-state index contributed by atoms with van der Waals surface area (Å²) in [6.45, 7) is 6.84. The Labute approximate surface area is 419 Å². The van der Waals surface area contributed by atoms with E-state index >= 15 is 0 Å². The molecule has 0 amide bonds. The van der Waals surface area contributed by atoms with Gasteiger partial charge < -0.3 is 14.3 Å². The molecule has 4 heteroatoms. The number of hydrogen-bond donors (Lipinski definition) is 1. The summed E-state index contributed by atoms with van der Waals surface area (Å²) in [7, 11) is 0. The molecule has 1 aliphatic rings. The number of benzene rings is 10. The fourth-order valence-electron chi connectivity index (χ4n) is 10.7. The highest BCUT2D eigenvalue weighted by Gasteiger charge is 2.26. The van der Waals surface area contributed by atoms with Gasteiger partial charge in [-0.3, -0.25) is 4.99 Å². The Kier molecular flexibility index (Phi) is 10.4. The normalized spacial score (nSPS) is 13.9. The number of nitrogens with one attached hydrogen (secondary N) is 1. The van der Waals surface area contributed by atoms with E-state index in [4.69, 9.17) is 9.41 Å². The molecule has 1 N–H and O–H groups in total. The Morgan fingerprint density at radius 1 is 0.417 bits per heavy atom. The maximum atomic E-state index is 6.44. The van der Waals surface area contributed by atoms with Gasteiger partial charge in [-0.25, -0.2) is 0 Å². The molecule has 344 valence electrons. The minimum atomic E-state index is -0.336. The molecule has 13 rings (SSSR count). The standard InChI is InChI=1S/C68H51N3O/c1-68(2,3)53-33-28-47(29-34-53)57-41-52(61-43-60(69-67(70-61)48-24-14-7-15-25-48)51-30-35-55-54-26-16-17-27-64(54)72-65(55)42-51)40-56(46-22-12-6-13-23-46)66(57)71-62-36-31-49(44-18-8-4-9-19-44)38-58(62)59-39-50(32-37-63(59)71)45-20-10-5-11-21-45/h4-43,67,70H,1-3H3. The van der Waals surface area contributed by atoms with E-state index in [-0.39, 0.29) is 11.6 Å². The summed E-state index contributed by atoms with van der Waals surface area (Å²) in [5.41, 5.74) is 20.6. The lowest BCUT2D eigenvalue weighted by molar-refractivity contribution is 0.590. The van der Waals surface area contributed by atoms with Crippen LogP contribution in [0.1, 0.15) is 49.2 Å². The molecule has 3 heterocycles. The number of hydrogen-bond acceptors (Lipinski definition) is 3. The first kappa shape index (κ1) is 43.1. The number of nitrogens with zero attached hydrogens (tertiary/aromatic N) is 2. The molecule has 0 fully saturated rings. The Morgan fingerprint density at radius 3 is 1.51 bits per heavy atom. The van der Waals surface area contributed by atoms with Gasteiger partial charge in [0.25, 0.3) is 0 Å². The predicted molar refractivity (Wildman–Crippen MR) is 302 cm³/mol. The number of fused-ring (bicyclic) bond motifs is 6. The van der Waals surface area contributed by atoms with Gasteiger partial charge in [0.2, 0.25) is 0 Å². The van der Waals surface area contributed by atoms with Crippen molar-refractivity contribution in [3.8, 4) is 50.2 Å². The molecule has 0 bridgehead atoms. The number of para-hydroxylation sites is 1. The van der Waals surface area contributed by atoms with Crippen molar-refractivity contribution < 1.29 is 4.42 Å². The lowest BCUT2D eigenvalue weighted by Gasteiger charge is -2.27. The molecule has 72 heavy (non-hydrogen) atoms. The molecule has 12 aromatic rings. The van der Waals surface area contributed by atoms with E-state index in [1.54, 1.807) is 0 Å². The maximum absolute atomic E-state index is 6.44. The first-order chi connectivity index (χ1) is 35.3. The molecule has 0 aliphatic carbocycles. The Bertz CT molecular complexity index is 3970. The quantitative estimate of drug-likeness (QED) is 0.165. The highest BCUT2D eigenvalue weighted by atomic mass is 16.3. The lowest BCUT2D eigenvalue weighted by atomic mass is 9.85. The molecular weight excluding hydrogens is 875 g/mol. The number of rotatable bonds is 8. The van der Waals surface area contributed by atoms with E-state index in [9.17, 15) is 0 Å². The summed E-state index contributed by atoms with van der Waals surface area (Å²) in [5, 5.41) is 8.53. The van der Waals surface area contributed by atoms with Crippen LogP contribution in [-0.4, -0.2) is 10.3 Å². The molecule has 0 saturated heterocycles. The largest absolute Gasteiger partial charge is 0.456 e. The molecular formula is C68H51N3O. The van der Waals surface area contributed by atoms with Gasteiger partial charge in [-0.1, -0.05) is 203 Å². The lowest BCUT2D eigenvalue weighted by Crippen LogP contribution is -2.25. The molecule has 4 nitrogen and oxygen atoms in total. The van der Waals surface area contributed by atoms with Crippen LogP contribution >= 0.6 is 0 Å². The van der Waals surface area contributed by atoms with Crippen LogP contribution in [0.2, 0.25) is 0 Å². The van der Waals surface area contributed by atoms with Crippen molar-refractivity contribution in [2.24, 2.45) is 4.99 Å². The van der Waals surface area contributed by atoms with E-state index < -0.39 is 0 Å². The average Bonchev–Trinajstić information content (AvgIpc) is 3.98. The molecule has 0 spiro atoms. The zero-order valence-electron chi connectivity index (χ0n) is 40.5. The van der Waals surface area contributed by atoms with Gasteiger partial charge >= 0.3 is 0 Å². The third-order valence-corrected chi connectivity index (χ3v) is 14.4. The van der Waals surface area contributed by atoms with Crippen molar-refractivity contribution in [2.75, 3.05) is 0 Å². The molecule has 0 radical (unpaired) electrons. The zero-order chi connectivity index (χ0) is 48.3. The Hall–Kier alpha value is -8.99. The Morgan fingerprint density at radius 2 is 0.917 bits per heavy atom. The minimum absolute atomic E-state index is 0.0113. The predicted octanol–water partition coefficient (Wildman–Crippen LogP) is 17.8. The van der Waals surface area contributed by atoms with Crippen LogP contribution in [0.4, 0.5) is 0 Å². The van der Waals surface area contributed by atoms with Crippen LogP contribution in [0.25, 0.3) is 99.6 Å². The molecule has 0 saturated carbocycles. The first-order valence-corrected chi connectivity index (χ1v) is 24.9. The summed E-state index contributed by atoms with van der Waals surface area (Å²) in [6.07, 6.45) is 1.88. The number of allylic oxidation sites excluding steroid dienone is 1. The van der Waals surface area contributed by atoms with Crippen LogP contribution in [0.3, 0.4) is 0 Å². The fraction of sp³-hybridized carbons (Fsp3) is 0.0735. The molecule has 1 atom stereocenters. The van der Waals surface area contributed by atoms with Crippen molar-refractivity contribution in [1.29, 1.82) is 0 Å². The van der Waals surface area contributed by atoms with Gasteiger partial charge in [0.1, 0.15) is 17.3 Å². The second-order valence-corrected chi connectivity index (χ2v) is 20.0. The summed E-state index contributed by atoms with van der Waals surface area (Å²) < 4.78 is 8.97. The van der Waals surface area contributed by atoms with E-state index in [1.807, 2.05) is 12.1 Å². The van der Waals surface area contributed by atoms with E-state index in [0.29, 0.717) is 0 Å². The van der Waals surface area contributed by atoms with Crippen molar-refractivity contribution in [3.05, 3.63) is 265 Å². The van der Waals surface area contributed by atoms with E-state index in [0.717, 1.165) is 89.0 Å². The van der Waals surface area contributed by atoms with Crippen LogP contribution in [-0.2, 0) is 5.41 Å². The van der Waals surface area contributed by atoms with Gasteiger partial charge in [0.15, 0.2) is 0 Å². The minimum Gasteiger partial charge on any atom is -0.456 e. The van der Waals surface area contributed by atoms with Gasteiger partial charge in [0.05, 0.1) is 22.4 Å². The summed E-state index contributed by atoms with van der Waals surface area (Å²) in [4.78, 5) is 5.42. The summed E-state index contributed by atoms with van der Waals surface area (Å²) in [6, 6.07) is 85.6. The third kappa shape index (κ3) is 7.69. The van der Waals surface area contributed by atoms with Crippen LogP contribution < -0.4 is 5.32 Å². The van der Waals surface area contributed by atoms with Crippen LogP contribution in [0.15, 0.2) is 252 Å². The molecule has 2 aromatic heterocycles. The van der Waals surface area contributed by atoms with Gasteiger partial charge in [0, 0.05) is 43.9 Å². The summed E-state index contributed by atoms with van der Waals surface area (Å²) >= 11 is 0. The fourth-order valence-corrected chi connectivity index (χ4v) is 10.7. The average molecular weight is 926 g/mol. The smallest absolute Gasteiger partial charge is 0.145 e. The van der Waals surface area contributed by atoms with Crippen molar-refractivity contribution in [3.63, 3.8) is 0 Å². The number of aliphatic imine (C=N–C) groups is 1. The third-order valence-electron chi connectivity index (χ3n) is 14.4. The van der Waals surface area contributed by atoms with Crippen LogP contribution in [0, 0.1) is 0 Å². The van der Waals surface area contributed by atoms with Crippen molar-refractivity contribution in [1.82, 2.24) is 9.88 Å². The highest BCUT2D eigenvalue weighted by molar-refractivity contribution is 6.16. The number of aromatic nitrogens is 1. The van der Waals surface area contributed by atoms with E-state index in [2.05, 4.69) is 261 Å². The second kappa shape index (κ2) is 17.4. The maximum Gasteiger partial charge on any atom is 0.145 e.